The van der Waals surface area contributed by atoms with Crippen LogP contribution in [0.25, 0.3) is 11.1 Å². The largest absolute Gasteiger partial charge is 0.481 e. The molecular formula is C15H15FN2O3. The van der Waals surface area contributed by atoms with Crippen molar-refractivity contribution in [1.29, 1.82) is 0 Å². The SMILES string of the molecule is Cc1ccc(-c2cnc(CC(=O)O)c(F)c2)cc1.NC=O. The molecule has 0 spiro atoms. The Bertz CT molecular complexity index is 627. The van der Waals surface area contributed by atoms with Crippen LogP contribution in [-0.2, 0) is 16.0 Å². The molecule has 6 heteroatoms. The number of rotatable bonds is 3. The minimum Gasteiger partial charge on any atom is -0.481 e. The maximum absolute atomic E-state index is 13.6. The second-order valence-electron chi connectivity index (χ2n) is 4.23. The molecule has 1 amide bonds. The fourth-order valence-electron chi connectivity index (χ4n) is 1.64. The molecule has 3 N–H and O–H groups in total. The van der Waals surface area contributed by atoms with Crippen molar-refractivity contribution in [3.63, 3.8) is 0 Å². The van der Waals surface area contributed by atoms with E-state index in [0.29, 0.717) is 5.56 Å². The van der Waals surface area contributed by atoms with E-state index in [9.17, 15) is 9.18 Å². The van der Waals surface area contributed by atoms with Gasteiger partial charge in [-0.1, -0.05) is 29.8 Å². The lowest BCUT2D eigenvalue weighted by Gasteiger charge is -2.04. The van der Waals surface area contributed by atoms with Gasteiger partial charge in [0, 0.05) is 11.8 Å². The summed E-state index contributed by atoms with van der Waals surface area (Å²) in [6.45, 7) is 1.97. The molecule has 21 heavy (non-hydrogen) atoms. The summed E-state index contributed by atoms with van der Waals surface area (Å²) in [6, 6.07) is 8.93. The topological polar surface area (TPSA) is 93.3 Å². The van der Waals surface area contributed by atoms with E-state index >= 15 is 0 Å². The normalized spacial score (nSPS) is 9.43. The van der Waals surface area contributed by atoms with Gasteiger partial charge in [0.1, 0.15) is 5.82 Å². The van der Waals surface area contributed by atoms with Crippen LogP contribution in [-0.4, -0.2) is 22.5 Å². The zero-order chi connectivity index (χ0) is 15.8. The van der Waals surface area contributed by atoms with Crippen LogP contribution in [0.1, 0.15) is 11.3 Å². The molecule has 0 aliphatic carbocycles. The van der Waals surface area contributed by atoms with Gasteiger partial charge in [-0.15, -0.1) is 0 Å². The minimum absolute atomic E-state index is 0.0432. The summed E-state index contributed by atoms with van der Waals surface area (Å²) in [5, 5.41) is 8.60. The molecule has 0 unspecified atom stereocenters. The summed E-state index contributed by atoms with van der Waals surface area (Å²) in [5.74, 6) is -1.68. The van der Waals surface area contributed by atoms with E-state index in [1.165, 1.54) is 12.3 Å². The predicted molar refractivity (Wildman–Crippen MR) is 76.0 cm³/mol. The summed E-state index contributed by atoms with van der Waals surface area (Å²) >= 11 is 0. The standard InChI is InChI=1S/C14H12FNO2.CH3NO/c1-9-2-4-10(5-3-9)11-6-12(15)13(16-8-11)7-14(17)18;2-1-3/h2-6,8H,7H2,1H3,(H,17,18);1H,(H2,2,3). The van der Waals surface area contributed by atoms with Crippen LogP contribution < -0.4 is 5.73 Å². The lowest BCUT2D eigenvalue weighted by atomic mass is 10.1. The van der Waals surface area contributed by atoms with Gasteiger partial charge >= 0.3 is 5.97 Å². The second kappa shape index (κ2) is 7.74. The number of benzene rings is 1. The lowest BCUT2D eigenvalue weighted by Crippen LogP contribution is -2.05. The van der Waals surface area contributed by atoms with Crippen molar-refractivity contribution >= 4 is 12.4 Å². The number of halogens is 1. The predicted octanol–water partition coefficient (Wildman–Crippen LogP) is 1.92. The van der Waals surface area contributed by atoms with Crippen LogP contribution in [0, 0.1) is 12.7 Å². The molecule has 0 radical (unpaired) electrons. The number of carbonyl (C=O) groups is 2. The Hall–Kier alpha value is -2.76. The third-order valence-electron chi connectivity index (χ3n) is 2.62. The Morgan fingerprint density at radius 1 is 1.33 bits per heavy atom. The van der Waals surface area contributed by atoms with Crippen molar-refractivity contribution in [2.75, 3.05) is 0 Å². The van der Waals surface area contributed by atoms with Gasteiger partial charge in [-0.25, -0.2) is 4.39 Å². The van der Waals surface area contributed by atoms with Gasteiger partial charge < -0.3 is 10.8 Å². The third-order valence-corrected chi connectivity index (χ3v) is 2.62. The molecule has 0 atom stereocenters. The first-order valence-electron chi connectivity index (χ1n) is 6.06. The van der Waals surface area contributed by atoms with Crippen molar-refractivity contribution in [2.45, 2.75) is 13.3 Å². The van der Waals surface area contributed by atoms with E-state index in [1.807, 2.05) is 31.2 Å². The first-order valence-corrected chi connectivity index (χ1v) is 6.06. The van der Waals surface area contributed by atoms with Crippen LogP contribution in [0.5, 0.6) is 0 Å². The van der Waals surface area contributed by atoms with E-state index in [0.717, 1.165) is 11.1 Å². The number of nitrogens with zero attached hydrogens (tertiary/aromatic N) is 1. The van der Waals surface area contributed by atoms with Crippen molar-refractivity contribution in [3.05, 3.63) is 53.6 Å². The number of amides is 1. The van der Waals surface area contributed by atoms with Crippen LogP contribution in [0.15, 0.2) is 36.5 Å². The van der Waals surface area contributed by atoms with E-state index in [1.54, 1.807) is 0 Å². The van der Waals surface area contributed by atoms with Gasteiger partial charge in [-0.05, 0) is 18.6 Å². The van der Waals surface area contributed by atoms with E-state index in [2.05, 4.69) is 10.7 Å². The van der Waals surface area contributed by atoms with Gasteiger partial charge in [-0.3, -0.25) is 14.6 Å². The first-order chi connectivity index (χ1) is 9.97. The molecule has 1 aromatic carbocycles. The lowest BCUT2D eigenvalue weighted by molar-refractivity contribution is -0.136. The molecule has 0 saturated heterocycles. The van der Waals surface area contributed by atoms with Crippen LogP contribution in [0.3, 0.4) is 0 Å². The molecule has 0 bridgehead atoms. The molecular weight excluding hydrogens is 275 g/mol. The number of aliphatic carboxylic acids is 1. The number of aromatic nitrogens is 1. The van der Waals surface area contributed by atoms with E-state index in [4.69, 9.17) is 9.90 Å². The van der Waals surface area contributed by atoms with Gasteiger partial charge in [-0.2, -0.15) is 0 Å². The van der Waals surface area contributed by atoms with Crippen molar-refractivity contribution in [1.82, 2.24) is 4.98 Å². The van der Waals surface area contributed by atoms with Crippen molar-refractivity contribution in [3.8, 4) is 11.1 Å². The number of carboxylic acid groups (broad SMARTS) is 1. The second-order valence-corrected chi connectivity index (χ2v) is 4.23. The first kappa shape index (κ1) is 16.3. The number of carbonyl (C=O) groups excluding carboxylic acids is 1. The van der Waals surface area contributed by atoms with Gasteiger partial charge in [0.25, 0.3) is 0 Å². The quantitative estimate of drug-likeness (QED) is 0.844. The highest BCUT2D eigenvalue weighted by molar-refractivity contribution is 5.70. The Kier molecular flexibility index (Phi) is 6.00. The Balaban J connectivity index is 0.000000677. The smallest absolute Gasteiger partial charge is 0.309 e. The van der Waals surface area contributed by atoms with Crippen LogP contribution in [0.2, 0.25) is 0 Å². The molecule has 110 valence electrons. The van der Waals surface area contributed by atoms with Gasteiger partial charge in [0.15, 0.2) is 0 Å². The molecule has 2 rings (SSSR count). The van der Waals surface area contributed by atoms with E-state index in [-0.39, 0.29) is 12.1 Å². The number of hydrogen-bond acceptors (Lipinski definition) is 3. The highest BCUT2D eigenvalue weighted by Gasteiger charge is 2.10. The summed E-state index contributed by atoms with van der Waals surface area (Å²) in [4.78, 5) is 23.0. The molecule has 5 nitrogen and oxygen atoms in total. The van der Waals surface area contributed by atoms with Gasteiger partial charge in [0.05, 0.1) is 12.1 Å². The Morgan fingerprint density at radius 2 is 1.90 bits per heavy atom. The average molecular weight is 290 g/mol. The number of primary amides is 1. The summed E-state index contributed by atoms with van der Waals surface area (Å²) < 4.78 is 13.6. The molecule has 0 aliphatic rings. The Labute approximate surface area is 121 Å². The van der Waals surface area contributed by atoms with Crippen molar-refractivity contribution < 1.29 is 19.1 Å². The molecule has 1 heterocycles. The van der Waals surface area contributed by atoms with E-state index < -0.39 is 18.2 Å². The maximum atomic E-state index is 13.6. The summed E-state index contributed by atoms with van der Waals surface area (Å²) in [7, 11) is 0. The average Bonchev–Trinajstić information content (AvgIpc) is 2.42. The molecule has 0 aliphatic heterocycles. The summed E-state index contributed by atoms with van der Waals surface area (Å²) in [6.07, 6.45) is 1.34. The minimum atomic E-state index is -1.09. The van der Waals surface area contributed by atoms with Crippen LogP contribution >= 0.6 is 0 Å². The number of pyridine rings is 1. The summed E-state index contributed by atoms with van der Waals surface area (Å²) in [5.41, 5.74) is 6.74. The fraction of sp³-hybridized carbons (Fsp3) is 0.133. The molecule has 0 fully saturated rings. The zero-order valence-corrected chi connectivity index (χ0v) is 11.4. The zero-order valence-electron chi connectivity index (χ0n) is 11.4. The molecule has 1 aromatic heterocycles. The van der Waals surface area contributed by atoms with Gasteiger partial charge in [0.2, 0.25) is 6.41 Å². The highest BCUT2D eigenvalue weighted by Crippen LogP contribution is 2.21. The third kappa shape index (κ3) is 5.02. The number of carboxylic acids is 1. The monoisotopic (exact) mass is 290 g/mol. The molecule has 2 aromatic rings. The number of aryl methyl sites for hydroxylation is 1. The van der Waals surface area contributed by atoms with Crippen LogP contribution in [0.4, 0.5) is 4.39 Å². The molecule has 0 saturated carbocycles. The number of nitrogens with two attached hydrogens (primary N) is 1. The Morgan fingerprint density at radius 3 is 2.38 bits per heavy atom. The number of hydrogen-bond donors (Lipinski definition) is 2. The van der Waals surface area contributed by atoms with Crippen molar-refractivity contribution in [2.24, 2.45) is 5.73 Å². The highest BCUT2D eigenvalue weighted by atomic mass is 19.1. The fourth-order valence-corrected chi connectivity index (χ4v) is 1.64. The maximum Gasteiger partial charge on any atom is 0.309 e.